The van der Waals surface area contributed by atoms with Crippen LogP contribution in [-0.4, -0.2) is 27.1 Å². The van der Waals surface area contributed by atoms with Gasteiger partial charge in [-0.3, -0.25) is 4.79 Å². The lowest BCUT2D eigenvalue weighted by molar-refractivity contribution is 0.0697. The number of nitrogens with zero attached hydrogens (tertiary/aromatic N) is 2. The van der Waals surface area contributed by atoms with Gasteiger partial charge in [-0.05, 0) is 43.9 Å². The van der Waals surface area contributed by atoms with Gasteiger partial charge < -0.3 is 14.9 Å². The fraction of sp³-hybridized carbons (Fsp3) is 0.444. The Hall–Kier alpha value is -2.70. The summed E-state index contributed by atoms with van der Waals surface area (Å²) < 4.78 is 5.37. The largest absolute Gasteiger partial charge is 0.478 e. The van der Waals surface area contributed by atoms with Gasteiger partial charge in [0.05, 0.1) is 5.56 Å². The number of carboxylic acid groups (broad SMARTS) is 1. The monoisotopic (exact) mass is 341 g/mol. The van der Waals surface area contributed by atoms with Crippen molar-refractivity contribution in [3.63, 3.8) is 0 Å². The highest BCUT2D eigenvalue weighted by atomic mass is 16.5. The van der Waals surface area contributed by atoms with Crippen LogP contribution in [0.2, 0.25) is 0 Å². The molecule has 2 saturated carbocycles. The fourth-order valence-electron chi connectivity index (χ4n) is 3.39. The second-order valence-corrected chi connectivity index (χ2v) is 6.86. The van der Waals surface area contributed by atoms with Gasteiger partial charge in [0.1, 0.15) is 5.54 Å². The van der Waals surface area contributed by atoms with Crippen molar-refractivity contribution >= 4 is 11.9 Å². The number of carbonyl (C=O) groups excluding carboxylic acids is 1. The van der Waals surface area contributed by atoms with Gasteiger partial charge in [0, 0.05) is 11.5 Å². The van der Waals surface area contributed by atoms with Crippen LogP contribution in [0, 0.1) is 0 Å². The summed E-state index contributed by atoms with van der Waals surface area (Å²) in [7, 11) is 0. The number of benzene rings is 1. The van der Waals surface area contributed by atoms with Crippen LogP contribution in [0.1, 0.15) is 76.9 Å². The second-order valence-electron chi connectivity index (χ2n) is 6.86. The Morgan fingerprint density at radius 3 is 2.60 bits per heavy atom. The maximum absolute atomic E-state index is 12.7. The molecule has 1 heterocycles. The van der Waals surface area contributed by atoms with Crippen LogP contribution in [0.4, 0.5) is 0 Å². The van der Waals surface area contributed by atoms with E-state index < -0.39 is 11.5 Å². The van der Waals surface area contributed by atoms with Gasteiger partial charge in [0.15, 0.2) is 5.82 Å². The second kappa shape index (κ2) is 5.98. The summed E-state index contributed by atoms with van der Waals surface area (Å²) in [5.41, 5.74) is -0.228. The molecule has 0 saturated heterocycles. The third kappa shape index (κ3) is 3.01. The molecule has 25 heavy (non-hydrogen) atoms. The molecule has 2 aromatic rings. The summed E-state index contributed by atoms with van der Waals surface area (Å²) in [6.45, 7) is 0. The van der Waals surface area contributed by atoms with Crippen molar-refractivity contribution in [3.05, 3.63) is 47.1 Å². The van der Waals surface area contributed by atoms with Gasteiger partial charge in [-0.1, -0.05) is 24.1 Å². The molecule has 7 nitrogen and oxygen atoms in total. The molecule has 7 heteroatoms. The topological polar surface area (TPSA) is 105 Å². The van der Waals surface area contributed by atoms with Crippen molar-refractivity contribution in [1.82, 2.24) is 15.5 Å². The molecule has 0 spiro atoms. The van der Waals surface area contributed by atoms with Crippen molar-refractivity contribution in [2.45, 2.75) is 50.0 Å². The van der Waals surface area contributed by atoms with Crippen LogP contribution in [0.3, 0.4) is 0 Å². The van der Waals surface area contributed by atoms with E-state index in [4.69, 9.17) is 9.63 Å². The molecule has 0 aliphatic heterocycles. The predicted molar refractivity (Wildman–Crippen MR) is 87.3 cm³/mol. The van der Waals surface area contributed by atoms with E-state index in [-0.39, 0.29) is 11.5 Å². The summed E-state index contributed by atoms with van der Waals surface area (Å²) >= 11 is 0. The minimum Gasteiger partial charge on any atom is -0.478 e. The average molecular weight is 341 g/mol. The van der Waals surface area contributed by atoms with E-state index in [2.05, 4.69) is 15.5 Å². The summed E-state index contributed by atoms with van der Waals surface area (Å²) in [5.74, 6) is 0.181. The van der Waals surface area contributed by atoms with Crippen LogP contribution >= 0.6 is 0 Å². The molecule has 130 valence electrons. The third-order valence-electron chi connectivity index (χ3n) is 4.98. The minimum atomic E-state index is -1.06. The Morgan fingerprint density at radius 2 is 1.92 bits per heavy atom. The summed E-state index contributed by atoms with van der Waals surface area (Å²) in [4.78, 5) is 28.4. The van der Waals surface area contributed by atoms with Crippen molar-refractivity contribution in [2.75, 3.05) is 0 Å². The molecule has 2 aliphatic rings. The molecular weight excluding hydrogens is 322 g/mol. The maximum Gasteiger partial charge on any atom is 0.335 e. The zero-order valence-electron chi connectivity index (χ0n) is 13.7. The highest BCUT2D eigenvalue weighted by molar-refractivity contribution is 5.97. The van der Waals surface area contributed by atoms with Gasteiger partial charge >= 0.3 is 5.97 Å². The Morgan fingerprint density at radius 1 is 1.20 bits per heavy atom. The Balaban J connectivity index is 1.59. The van der Waals surface area contributed by atoms with Crippen molar-refractivity contribution < 1.29 is 19.2 Å². The number of carboxylic acids is 1. The van der Waals surface area contributed by atoms with Crippen molar-refractivity contribution in [2.24, 2.45) is 0 Å². The van der Waals surface area contributed by atoms with E-state index in [1.54, 1.807) is 12.1 Å². The number of aromatic nitrogens is 2. The first-order chi connectivity index (χ1) is 12.1. The number of rotatable bonds is 5. The lowest BCUT2D eigenvalue weighted by Crippen LogP contribution is -2.44. The summed E-state index contributed by atoms with van der Waals surface area (Å²) in [6.07, 6.45) is 5.60. The maximum atomic E-state index is 12.7. The highest BCUT2D eigenvalue weighted by Crippen LogP contribution is 2.42. The van der Waals surface area contributed by atoms with E-state index in [1.807, 2.05) is 0 Å². The number of amides is 1. The normalized spacial score (nSPS) is 18.9. The molecule has 2 aliphatic carbocycles. The number of hydrogen-bond donors (Lipinski definition) is 2. The zero-order chi connectivity index (χ0) is 17.4. The lowest BCUT2D eigenvalue weighted by Gasteiger charge is -2.26. The average Bonchev–Trinajstić information content (AvgIpc) is 3.15. The van der Waals surface area contributed by atoms with Gasteiger partial charge in [0.2, 0.25) is 5.89 Å². The molecule has 1 aromatic heterocycles. The Bertz CT molecular complexity index is 819. The van der Waals surface area contributed by atoms with E-state index in [0.29, 0.717) is 23.2 Å². The zero-order valence-corrected chi connectivity index (χ0v) is 13.7. The Kier molecular flexibility index (Phi) is 3.78. The van der Waals surface area contributed by atoms with Crippen molar-refractivity contribution in [3.8, 4) is 0 Å². The fourth-order valence-corrected chi connectivity index (χ4v) is 3.39. The highest BCUT2D eigenvalue weighted by Gasteiger charge is 2.42. The molecule has 0 bridgehead atoms. The predicted octanol–water partition coefficient (Wildman–Crippen LogP) is 2.84. The molecule has 0 atom stereocenters. The number of nitrogens with one attached hydrogen (secondary N) is 1. The van der Waals surface area contributed by atoms with E-state index >= 15 is 0 Å². The summed E-state index contributed by atoms with van der Waals surface area (Å²) in [6, 6.07) is 6.02. The van der Waals surface area contributed by atoms with E-state index in [1.165, 1.54) is 12.1 Å². The van der Waals surface area contributed by atoms with Gasteiger partial charge in [0.25, 0.3) is 5.91 Å². The quantitative estimate of drug-likeness (QED) is 0.866. The Labute approximate surface area is 144 Å². The first kappa shape index (κ1) is 15.8. The SMILES string of the molecule is O=C(O)c1cccc(C(=O)NC2(c3noc(C4CC4)n3)CCCC2)c1. The molecule has 1 aromatic carbocycles. The lowest BCUT2D eigenvalue weighted by atomic mass is 9.95. The van der Waals surface area contributed by atoms with E-state index in [9.17, 15) is 9.59 Å². The molecule has 0 unspecified atom stereocenters. The van der Waals surface area contributed by atoms with Crippen LogP contribution in [0.15, 0.2) is 28.8 Å². The smallest absolute Gasteiger partial charge is 0.335 e. The molecule has 1 amide bonds. The number of hydrogen-bond acceptors (Lipinski definition) is 5. The first-order valence-corrected chi connectivity index (χ1v) is 8.57. The van der Waals surface area contributed by atoms with Gasteiger partial charge in [-0.25, -0.2) is 4.79 Å². The standard InChI is InChI=1S/C18H19N3O4/c22-14(12-4-3-5-13(10-12)16(23)24)20-18(8-1-2-9-18)17-19-15(25-21-17)11-6-7-11/h3-5,10-11H,1-2,6-9H2,(H,20,22)(H,23,24). The number of carbonyl (C=O) groups is 2. The molecule has 0 radical (unpaired) electrons. The third-order valence-corrected chi connectivity index (χ3v) is 4.98. The van der Waals surface area contributed by atoms with Crippen LogP contribution < -0.4 is 5.32 Å². The molecule has 2 N–H and O–H groups in total. The van der Waals surface area contributed by atoms with E-state index in [0.717, 1.165) is 38.5 Å². The molecule has 4 rings (SSSR count). The minimum absolute atomic E-state index is 0.0868. The van der Waals surface area contributed by atoms with Gasteiger partial charge in [-0.2, -0.15) is 4.98 Å². The number of aromatic carboxylic acids is 1. The van der Waals surface area contributed by atoms with Crippen LogP contribution in [0.25, 0.3) is 0 Å². The molecular formula is C18H19N3O4. The van der Waals surface area contributed by atoms with Crippen LogP contribution in [0.5, 0.6) is 0 Å². The summed E-state index contributed by atoms with van der Waals surface area (Å²) in [5, 5.41) is 16.3. The van der Waals surface area contributed by atoms with Gasteiger partial charge in [-0.15, -0.1) is 0 Å². The van der Waals surface area contributed by atoms with Crippen molar-refractivity contribution in [1.29, 1.82) is 0 Å². The first-order valence-electron chi connectivity index (χ1n) is 8.57. The molecule has 2 fully saturated rings. The van der Waals surface area contributed by atoms with Crippen LogP contribution in [-0.2, 0) is 5.54 Å².